The Labute approximate surface area is 118 Å². The molecule has 0 aliphatic carbocycles. The number of likely N-dealkylation sites (N-methyl/N-ethyl adjacent to an activating group) is 2. The fourth-order valence-electron chi connectivity index (χ4n) is 3.28. The Morgan fingerprint density at radius 1 is 1.21 bits per heavy atom. The predicted octanol–water partition coefficient (Wildman–Crippen LogP) is 1.17. The Bertz CT molecular complexity index is 260. The van der Waals surface area contributed by atoms with Crippen molar-refractivity contribution in [3.63, 3.8) is 0 Å². The van der Waals surface area contributed by atoms with Crippen molar-refractivity contribution in [2.45, 2.75) is 50.9 Å². The van der Waals surface area contributed by atoms with Gasteiger partial charge in [-0.1, -0.05) is 6.92 Å². The third-order valence-corrected chi connectivity index (χ3v) is 4.49. The molecule has 2 heterocycles. The van der Waals surface area contributed by atoms with Gasteiger partial charge in [0.15, 0.2) is 0 Å². The second-order valence-corrected chi connectivity index (χ2v) is 6.28. The van der Waals surface area contributed by atoms with Crippen LogP contribution in [0.1, 0.15) is 32.6 Å². The second-order valence-electron chi connectivity index (χ2n) is 6.28. The molecule has 19 heavy (non-hydrogen) atoms. The molecule has 4 nitrogen and oxygen atoms in total. The summed E-state index contributed by atoms with van der Waals surface area (Å²) in [4.78, 5) is 4.98. The first-order valence-corrected chi connectivity index (χ1v) is 7.94. The van der Waals surface area contributed by atoms with Gasteiger partial charge in [0.25, 0.3) is 0 Å². The first-order valence-electron chi connectivity index (χ1n) is 7.94. The normalized spacial score (nSPS) is 33.2. The van der Waals surface area contributed by atoms with Crippen molar-refractivity contribution in [1.29, 1.82) is 0 Å². The van der Waals surface area contributed by atoms with E-state index in [1.807, 2.05) is 0 Å². The SMILES string of the molecule is CCNCC1CCC(CN2CCCC(N(C)C)C2)O1. The lowest BCUT2D eigenvalue weighted by molar-refractivity contribution is 0.0125. The van der Waals surface area contributed by atoms with Gasteiger partial charge in [-0.3, -0.25) is 4.90 Å². The van der Waals surface area contributed by atoms with Crippen LogP contribution in [-0.2, 0) is 4.74 Å². The molecule has 0 aromatic heterocycles. The molecule has 0 bridgehead atoms. The summed E-state index contributed by atoms with van der Waals surface area (Å²) in [5, 5.41) is 3.39. The van der Waals surface area contributed by atoms with Gasteiger partial charge in [-0.2, -0.15) is 0 Å². The average molecular weight is 269 g/mol. The Hall–Kier alpha value is -0.160. The molecule has 2 rings (SSSR count). The van der Waals surface area contributed by atoms with Gasteiger partial charge in [0, 0.05) is 25.7 Å². The minimum Gasteiger partial charge on any atom is -0.372 e. The van der Waals surface area contributed by atoms with E-state index in [0.717, 1.165) is 25.7 Å². The van der Waals surface area contributed by atoms with Gasteiger partial charge in [-0.15, -0.1) is 0 Å². The van der Waals surface area contributed by atoms with Crippen LogP contribution in [0, 0.1) is 0 Å². The molecular weight excluding hydrogens is 238 g/mol. The molecule has 0 saturated carbocycles. The summed E-state index contributed by atoms with van der Waals surface area (Å²) in [5.41, 5.74) is 0. The van der Waals surface area contributed by atoms with E-state index in [4.69, 9.17) is 4.74 Å². The zero-order valence-electron chi connectivity index (χ0n) is 12.9. The molecule has 1 N–H and O–H groups in total. The number of rotatable bonds is 6. The molecule has 4 heteroatoms. The number of nitrogens with zero attached hydrogens (tertiary/aromatic N) is 2. The lowest BCUT2D eigenvalue weighted by atomic mass is 10.0. The van der Waals surface area contributed by atoms with Gasteiger partial charge >= 0.3 is 0 Å². The number of hydrogen-bond donors (Lipinski definition) is 1. The predicted molar refractivity (Wildman–Crippen MR) is 79.6 cm³/mol. The highest BCUT2D eigenvalue weighted by atomic mass is 16.5. The third kappa shape index (κ3) is 4.71. The van der Waals surface area contributed by atoms with E-state index in [1.165, 1.54) is 38.8 Å². The molecule has 0 spiro atoms. The molecule has 2 saturated heterocycles. The Kier molecular flexibility index (Phi) is 6.07. The summed E-state index contributed by atoms with van der Waals surface area (Å²) in [7, 11) is 4.40. The smallest absolute Gasteiger partial charge is 0.0707 e. The van der Waals surface area contributed by atoms with E-state index in [2.05, 4.69) is 36.1 Å². The fourth-order valence-corrected chi connectivity index (χ4v) is 3.28. The summed E-state index contributed by atoms with van der Waals surface area (Å²) >= 11 is 0. The first kappa shape index (κ1) is 15.2. The monoisotopic (exact) mass is 269 g/mol. The first-order chi connectivity index (χ1) is 9.19. The van der Waals surface area contributed by atoms with Crippen molar-refractivity contribution in [2.24, 2.45) is 0 Å². The van der Waals surface area contributed by atoms with Gasteiger partial charge in [-0.25, -0.2) is 0 Å². The van der Waals surface area contributed by atoms with E-state index < -0.39 is 0 Å². The zero-order valence-corrected chi connectivity index (χ0v) is 12.9. The minimum absolute atomic E-state index is 0.444. The van der Waals surface area contributed by atoms with Crippen LogP contribution in [0.15, 0.2) is 0 Å². The minimum atomic E-state index is 0.444. The van der Waals surface area contributed by atoms with Crippen molar-refractivity contribution >= 4 is 0 Å². The molecule has 0 aromatic rings. The maximum atomic E-state index is 6.14. The van der Waals surface area contributed by atoms with Crippen LogP contribution >= 0.6 is 0 Å². The van der Waals surface area contributed by atoms with Crippen molar-refractivity contribution < 1.29 is 4.74 Å². The Morgan fingerprint density at radius 2 is 2.00 bits per heavy atom. The highest BCUT2D eigenvalue weighted by Gasteiger charge is 2.29. The van der Waals surface area contributed by atoms with E-state index in [9.17, 15) is 0 Å². The van der Waals surface area contributed by atoms with Crippen LogP contribution in [0.3, 0.4) is 0 Å². The van der Waals surface area contributed by atoms with Crippen molar-refractivity contribution in [3.05, 3.63) is 0 Å². The number of likely N-dealkylation sites (tertiary alicyclic amines) is 1. The molecule has 0 amide bonds. The summed E-state index contributed by atoms with van der Waals surface area (Å²) < 4.78 is 6.14. The molecule has 0 radical (unpaired) electrons. The molecule has 2 fully saturated rings. The summed E-state index contributed by atoms with van der Waals surface area (Å²) in [6.45, 7) is 7.82. The maximum Gasteiger partial charge on any atom is 0.0707 e. The van der Waals surface area contributed by atoms with Gasteiger partial charge in [0.2, 0.25) is 0 Å². The van der Waals surface area contributed by atoms with Gasteiger partial charge in [0.05, 0.1) is 12.2 Å². The van der Waals surface area contributed by atoms with E-state index in [0.29, 0.717) is 12.2 Å². The molecule has 3 atom stereocenters. The molecule has 0 aromatic carbocycles. The third-order valence-electron chi connectivity index (χ3n) is 4.49. The largest absolute Gasteiger partial charge is 0.372 e. The highest BCUT2D eigenvalue weighted by molar-refractivity contribution is 4.82. The van der Waals surface area contributed by atoms with Crippen LogP contribution in [0.5, 0.6) is 0 Å². The van der Waals surface area contributed by atoms with Crippen LogP contribution in [-0.4, -0.2) is 74.9 Å². The molecular formula is C15H31N3O. The van der Waals surface area contributed by atoms with Crippen LogP contribution in [0.4, 0.5) is 0 Å². The lowest BCUT2D eigenvalue weighted by Gasteiger charge is -2.37. The zero-order chi connectivity index (χ0) is 13.7. The van der Waals surface area contributed by atoms with Crippen LogP contribution in [0.25, 0.3) is 0 Å². The second kappa shape index (κ2) is 7.58. The van der Waals surface area contributed by atoms with Crippen LogP contribution < -0.4 is 5.32 Å². The fraction of sp³-hybridized carbons (Fsp3) is 1.00. The summed E-state index contributed by atoms with van der Waals surface area (Å²) in [6.07, 6.45) is 6.04. The van der Waals surface area contributed by atoms with Gasteiger partial charge in [-0.05, 0) is 52.9 Å². The van der Waals surface area contributed by atoms with Gasteiger partial charge < -0.3 is 15.0 Å². The van der Waals surface area contributed by atoms with E-state index >= 15 is 0 Å². The molecule has 112 valence electrons. The standard InChI is InChI=1S/C15H31N3O/c1-4-16-10-14-7-8-15(19-14)12-18-9-5-6-13(11-18)17(2)3/h13-16H,4-12H2,1-3H3. The summed E-state index contributed by atoms with van der Waals surface area (Å²) in [6, 6.07) is 0.729. The highest BCUT2D eigenvalue weighted by Crippen LogP contribution is 2.22. The Balaban J connectivity index is 1.70. The van der Waals surface area contributed by atoms with Crippen molar-refractivity contribution in [1.82, 2.24) is 15.1 Å². The molecule has 2 aliphatic rings. The Morgan fingerprint density at radius 3 is 2.74 bits per heavy atom. The molecule has 3 unspecified atom stereocenters. The van der Waals surface area contributed by atoms with Gasteiger partial charge in [0.1, 0.15) is 0 Å². The number of hydrogen-bond acceptors (Lipinski definition) is 4. The summed E-state index contributed by atoms with van der Waals surface area (Å²) in [5.74, 6) is 0. The average Bonchev–Trinajstić information content (AvgIpc) is 2.84. The van der Waals surface area contributed by atoms with E-state index in [-0.39, 0.29) is 0 Å². The number of nitrogens with one attached hydrogen (secondary N) is 1. The number of piperidine rings is 1. The molecule has 2 aliphatic heterocycles. The lowest BCUT2D eigenvalue weighted by Crippen LogP contribution is -2.47. The van der Waals surface area contributed by atoms with E-state index in [1.54, 1.807) is 0 Å². The quantitative estimate of drug-likeness (QED) is 0.783. The number of ether oxygens (including phenoxy) is 1. The van der Waals surface area contributed by atoms with Crippen molar-refractivity contribution in [2.75, 3.05) is 46.8 Å². The topological polar surface area (TPSA) is 27.7 Å². The van der Waals surface area contributed by atoms with Crippen LogP contribution in [0.2, 0.25) is 0 Å². The maximum absolute atomic E-state index is 6.14. The van der Waals surface area contributed by atoms with Crippen molar-refractivity contribution in [3.8, 4) is 0 Å².